The van der Waals surface area contributed by atoms with Crippen molar-refractivity contribution < 1.29 is 4.79 Å². The second-order valence-electron chi connectivity index (χ2n) is 7.80. The van der Waals surface area contributed by atoms with Gasteiger partial charge in [-0.3, -0.25) is 14.7 Å². The fourth-order valence-electron chi connectivity index (χ4n) is 4.05. The van der Waals surface area contributed by atoms with Crippen LogP contribution in [0.5, 0.6) is 0 Å². The summed E-state index contributed by atoms with van der Waals surface area (Å²) in [5, 5.41) is 0. The molecule has 0 bridgehead atoms. The van der Waals surface area contributed by atoms with Gasteiger partial charge in [0.15, 0.2) is 0 Å². The summed E-state index contributed by atoms with van der Waals surface area (Å²) in [6.45, 7) is 4.34. The third-order valence-corrected chi connectivity index (χ3v) is 6.14. The molecule has 0 saturated heterocycles. The van der Waals surface area contributed by atoms with Crippen LogP contribution in [0.15, 0.2) is 59.6 Å². The van der Waals surface area contributed by atoms with Gasteiger partial charge in [0, 0.05) is 11.1 Å². The molecule has 2 aromatic rings. The minimum Gasteiger partial charge on any atom is -0.271 e. The molecule has 3 nitrogen and oxygen atoms in total. The van der Waals surface area contributed by atoms with Gasteiger partial charge in [-0.05, 0) is 50.7 Å². The molecule has 1 saturated carbocycles. The fourth-order valence-corrected chi connectivity index (χ4v) is 4.47. The second kappa shape index (κ2) is 7.01. The van der Waals surface area contributed by atoms with E-state index >= 15 is 0 Å². The fraction of sp³-hybridized carbons (Fsp3) is 0.348. The molecule has 0 unspecified atom stereocenters. The summed E-state index contributed by atoms with van der Waals surface area (Å²) in [7, 11) is 0. The van der Waals surface area contributed by atoms with Gasteiger partial charge in [-0.2, -0.15) is 0 Å². The molecule has 4 rings (SSSR count). The van der Waals surface area contributed by atoms with Crippen LogP contribution in [0.3, 0.4) is 0 Å². The molecule has 1 aliphatic carbocycles. The number of thiocarbonyl (C=S) groups is 1. The highest BCUT2D eigenvalue weighted by molar-refractivity contribution is 7.82. The number of carbonyl (C=O) groups is 1. The van der Waals surface area contributed by atoms with E-state index in [1.165, 1.54) is 5.56 Å². The maximum absolute atomic E-state index is 13.4. The number of hydrogen-bond donors (Lipinski definition) is 0. The van der Waals surface area contributed by atoms with Gasteiger partial charge in [0.1, 0.15) is 16.4 Å². The Morgan fingerprint density at radius 1 is 1.07 bits per heavy atom. The van der Waals surface area contributed by atoms with Crippen molar-refractivity contribution in [2.75, 3.05) is 0 Å². The number of aryl methyl sites for hydroxylation is 1. The van der Waals surface area contributed by atoms with Crippen LogP contribution >= 0.6 is 12.2 Å². The number of benzene rings is 2. The van der Waals surface area contributed by atoms with Crippen molar-refractivity contribution in [2.24, 2.45) is 10.9 Å². The van der Waals surface area contributed by atoms with Crippen LogP contribution in [0, 0.1) is 12.8 Å². The predicted octanol–water partition coefficient (Wildman–Crippen LogP) is 5.17. The molecule has 1 amide bonds. The molecule has 1 aliphatic heterocycles. The van der Waals surface area contributed by atoms with Crippen LogP contribution < -0.4 is 0 Å². The first kappa shape index (κ1) is 18.1. The van der Waals surface area contributed by atoms with Crippen LogP contribution in [0.1, 0.15) is 54.1 Å². The van der Waals surface area contributed by atoms with E-state index in [-0.39, 0.29) is 5.91 Å². The van der Waals surface area contributed by atoms with Gasteiger partial charge in [0.05, 0.1) is 0 Å². The Morgan fingerprint density at radius 3 is 2.33 bits per heavy atom. The van der Waals surface area contributed by atoms with Gasteiger partial charge in [0.25, 0.3) is 5.91 Å². The zero-order chi connectivity index (χ0) is 19.0. The molecule has 2 aromatic carbocycles. The Bertz CT molecular complexity index is 894. The van der Waals surface area contributed by atoms with E-state index in [0.717, 1.165) is 37.0 Å². The highest BCUT2D eigenvalue weighted by atomic mass is 32.1. The predicted molar refractivity (Wildman–Crippen MR) is 113 cm³/mol. The van der Waals surface area contributed by atoms with Gasteiger partial charge >= 0.3 is 0 Å². The third-order valence-electron chi connectivity index (χ3n) is 5.77. The lowest BCUT2D eigenvalue weighted by Crippen LogP contribution is -2.51. The molecule has 4 heteroatoms. The zero-order valence-electron chi connectivity index (χ0n) is 15.8. The van der Waals surface area contributed by atoms with Gasteiger partial charge in [0.2, 0.25) is 0 Å². The molecule has 138 valence electrons. The van der Waals surface area contributed by atoms with E-state index in [1.54, 1.807) is 4.90 Å². The monoisotopic (exact) mass is 376 g/mol. The van der Waals surface area contributed by atoms with Gasteiger partial charge in [-0.25, -0.2) is 0 Å². The number of carbonyl (C=O) groups excluding carboxylic acids is 1. The lowest BCUT2D eigenvalue weighted by Gasteiger charge is -2.40. The number of aliphatic imine (C=N–C) groups is 1. The summed E-state index contributed by atoms with van der Waals surface area (Å²) in [5.74, 6) is 0.623. The summed E-state index contributed by atoms with van der Waals surface area (Å²) in [4.78, 5) is 20.9. The molecule has 0 aromatic heterocycles. The van der Waals surface area contributed by atoms with E-state index in [4.69, 9.17) is 17.2 Å². The minimum atomic E-state index is -0.531. The molecule has 27 heavy (non-hydrogen) atoms. The molecular weight excluding hydrogens is 352 g/mol. The number of amides is 1. The largest absolute Gasteiger partial charge is 0.271 e. The van der Waals surface area contributed by atoms with E-state index in [1.807, 2.05) is 30.3 Å². The van der Waals surface area contributed by atoms with E-state index in [0.29, 0.717) is 16.5 Å². The number of rotatable bonds is 2. The van der Waals surface area contributed by atoms with Crippen molar-refractivity contribution in [1.29, 1.82) is 0 Å². The first-order chi connectivity index (χ1) is 13.0. The average Bonchev–Trinajstić information content (AvgIpc) is 2.97. The standard InChI is InChI=1S/C23H24N2OS/c1-16-8-10-18(11-9-16)20-22(27)25(21(26)19-6-4-3-5-7-19)23(24-20)14-12-17(2)13-15-23/h3-11,17H,12-15H2,1-2H3. The average molecular weight is 377 g/mol. The van der Waals surface area contributed by atoms with Crippen LogP contribution in [0.2, 0.25) is 0 Å². The normalized spacial score (nSPS) is 25.0. The number of nitrogens with zero attached hydrogens (tertiary/aromatic N) is 2. The van der Waals surface area contributed by atoms with Gasteiger partial charge in [-0.1, -0.05) is 67.2 Å². The van der Waals surface area contributed by atoms with Crippen molar-refractivity contribution in [2.45, 2.75) is 45.2 Å². The topological polar surface area (TPSA) is 32.7 Å². The minimum absolute atomic E-state index is 0.0407. The lowest BCUT2D eigenvalue weighted by molar-refractivity contribution is 0.0613. The summed E-state index contributed by atoms with van der Waals surface area (Å²) in [6.07, 6.45) is 3.85. The molecule has 0 N–H and O–H groups in total. The van der Waals surface area contributed by atoms with Crippen molar-refractivity contribution in [3.63, 3.8) is 0 Å². The summed E-state index contributed by atoms with van der Waals surface area (Å²) < 4.78 is 0. The van der Waals surface area contributed by atoms with Crippen LogP contribution in [-0.2, 0) is 0 Å². The maximum Gasteiger partial charge on any atom is 0.260 e. The van der Waals surface area contributed by atoms with Gasteiger partial charge < -0.3 is 0 Å². The second-order valence-corrected chi connectivity index (χ2v) is 8.19. The Balaban J connectivity index is 1.77. The molecule has 0 atom stereocenters. The van der Waals surface area contributed by atoms with Crippen molar-refractivity contribution in [1.82, 2.24) is 4.90 Å². The molecular formula is C23H24N2OS. The lowest BCUT2D eigenvalue weighted by atomic mass is 9.82. The molecule has 2 aliphatic rings. The Kier molecular flexibility index (Phi) is 4.68. The van der Waals surface area contributed by atoms with Crippen molar-refractivity contribution in [3.05, 3.63) is 71.3 Å². The van der Waals surface area contributed by atoms with Crippen LogP contribution in [0.25, 0.3) is 0 Å². The van der Waals surface area contributed by atoms with E-state index < -0.39 is 5.66 Å². The van der Waals surface area contributed by atoms with Crippen LogP contribution in [0.4, 0.5) is 0 Å². The van der Waals surface area contributed by atoms with Crippen LogP contribution in [-0.4, -0.2) is 27.2 Å². The molecule has 1 fully saturated rings. The molecule has 1 heterocycles. The summed E-state index contributed by atoms with van der Waals surface area (Å²) in [6, 6.07) is 17.7. The SMILES string of the molecule is Cc1ccc(C2=NC3(CCC(C)CC3)N(C(=O)c3ccccc3)C2=S)cc1. The summed E-state index contributed by atoms with van der Waals surface area (Å²) >= 11 is 5.81. The highest BCUT2D eigenvalue weighted by Crippen LogP contribution is 2.42. The molecule has 1 spiro atoms. The van der Waals surface area contributed by atoms with Crippen molar-refractivity contribution in [3.8, 4) is 0 Å². The van der Waals surface area contributed by atoms with Crippen molar-refractivity contribution >= 4 is 28.8 Å². The Labute approximate surface area is 166 Å². The highest BCUT2D eigenvalue weighted by Gasteiger charge is 2.49. The summed E-state index contributed by atoms with van der Waals surface area (Å²) in [5.41, 5.74) is 3.10. The van der Waals surface area contributed by atoms with E-state index in [9.17, 15) is 4.79 Å². The Morgan fingerprint density at radius 2 is 1.70 bits per heavy atom. The number of hydrogen-bond acceptors (Lipinski definition) is 3. The Hall–Kier alpha value is -2.33. The third kappa shape index (κ3) is 3.23. The smallest absolute Gasteiger partial charge is 0.260 e. The molecule has 0 radical (unpaired) electrons. The van der Waals surface area contributed by atoms with Gasteiger partial charge in [-0.15, -0.1) is 0 Å². The maximum atomic E-state index is 13.4. The van der Waals surface area contributed by atoms with E-state index in [2.05, 4.69) is 38.1 Å². The first-order valence-corrected chi connectivity index (χ1v) is 10.0. The quantitative estimate of drug-likeness (QED) is 0.677. The first-order valence-electron chi connectivity index (χ1n) is 9.61. The zero-order valence-corrected chi connectivity index (χ0v) is 16.6.